The molecule has 0 aromatic heterocycles. The third-order valence-corrected chi connectivity index (χ3v) is 8.26. The van der Waals surface area contributed by atoms with E-state index in [0.717, 1.165) is 45.1 Å². The van der Waals surface area contributed by atoms with Crippen molar-refractivity contribution < 1.29 is 23.5 Å². The van der Waals surface area contributed by atoms with Crippen molar-refractivity contribution in [3.63, 3.8) is 0 Å². The van der Waals surface area contributed by atoms with Gasteiger partial charge in [0.25, 0.3) is 0 Å². The van der Waals surface area contributed by atoms with E-state index in [1.807, 2.05) is 62.4 Å². The fourth-order valence-electron chi connectivity index (χ4n) is 4.04. The molecule has 3 aromatic carbocycles. The van der Waals surface area contributed by atoms with Gasteiger partial charge in [0.2, 0.25) is 0 Å². The Balaban J connectivity index is 1.79. The highest BCUT2D eigenvalue weighted by Gasteiger charge is 2.27. The van der Waals surface area contributed by atoms with Crippen LogP contribution in [-0.4, -0.2) is 22.6 Å². The van der Waals surface area contributed by atoms with Crippen LogP contribution in [0.5, 0.6) is 11.5 Å². The lowest BCUT2D eigenvalue weighted by molar-refractivity contribution is -0.109. The Hall–Kier alpha value is -2.57. The van der Waals surface area contributed by atoms with E-state index in [0.29, 0.717) is 30.2 Å². The summed E-state index contributed by atoms with van der Waals surface area (Å²) in [5.74, 6) is 1.38. The summed E-state index contributed by atoms with van der Waals surface area (Å²) in [6.07, 6.45) is 0.709. The van der Waals surface area contributed by atoms with Gasteiger partial charge in [0.1, 0.15) is 11.5 Å². The Kier molecular flexibility index (Phi) is 10.4. The van der Waals surface area contributed by atoms with Crippen molar-refractivity contribution in [2.45, 2.75) is 53.5 Å². The molecule has 2 N–H and O–H groups in total. The molecule has 0 spiro atoms. The molecular weight excluding hydrogens is 505 g/mol. The van der Waals surface area contributed by atoms with Gasteiger partial charge in [0, 0.05) is 19.2 Å². The molecule has 198 valence electrons. The van der Waals surface area contributed by atoms with Gasteiger partial charge in [-0.3, -0.25) is 9.32 Å². The second-order valence-electron chi connectivity index (χ2n) is 9.34. The summed E-state index contributed by atoms with van der Waals surface area (Å²) >= 11 is 1.12. The summed E-state index contributed by atoms with van der Waals surface area (Å²) in [7, 11) is -3.71. The largest absolute Gasteiger partial charge is 0.508 e. The van der Waals surface area contributed by atoms with Gasteiger partial charge >= 0.3 is 7.75 Å². The number of aryl methyl sites for hydroxylation is 2. The second kappa shape index (κ2) is 13.3. The minimum atomic E-state index is -3.71. The number of thioether (sulfide) groups is 1. The third kappa shape index (κ3) is 8.75. The SMILES string of the molecule is CC(=O)SCCOP(=O)(NCc1ccccc1)Oc1cc(C)c(Cc2ccc(O)c(C(C)C)c2)c(C)c1. The van der Waals surface area contributed by atoms with Crippen molar-refractivity contribution in [2.24, 2.45) is 0 Å². The lowest BCUT2D eigenvalue weighted by Gasteiger charge is -2.21. The molecule has 1 atom stereocenters. The molecule has 0 amide bonds. The van der Waals surface area contributed by atoms with Gasteiger partial charge in [0.15, 0.2) is 5.12 Å². The molecule has 6 nitrogen and oxygen atoms in total. The molecule has 0 saturated heterocycles. The fourth-order valence-corrected chi connectivity index (χ4v) is 5.91. The Morgan fingerprint density at radius 1 is 1.03 bits per heavy atom. The number of carbonyl (C=O) groups is 1. The van der Waals surface area contributed by atoms with Gasteiger partial charge in [-0.15, -0.1) is 0 Å². The van der Waals surface area contributed by atoms with Crippen molar-refractivity contribution >= 4 is 24.6 Å². The number of hydrogen-bond donors (Lipinski definition) is 2. The Labute approximate surface area is 224 Å². The zero-order valence-electron chi connectivity index (χ0n) is 22.1. The lowest BCUT2D eigenvalue weighted by Crippen LogP contribution is -2.18. The highest BCUT2D eigenvalue weighted by atomic mass is 32.2. The van der Waals surface area contributed by atoms with Crippen LogP contribution >= 0.6 is 19.5 Å². The molecule has 37 heavy (non-hydrogen) atoms. The van der Waals surface area contributed by atoms with Crippen LogP contribution in [-0.2, 0) is 26.8 Å². The average Bonchev–Trinajstić information content (AvgIpc) is 2.84. The fraction of sp³-hybridized carbons (Fsp3) is 0.345. The number of phenols is 1. The van der Waals surface area contributed by atoms with Gasteiger partial charge in [-0.05, 0) is 77.8 Å². The topological polar surface area (TPSA) is 84.9 Å². The van der Waals surface area contributed by atoms with Gasteiger partial charge in [0.05, 0.1) is 6.61 Å². The van der Waals surface area contributed by atoms with E-state index in [-0.39, 0.29) is 17.6 Å². The molecular formula is C29H36NO5PS. The number of benzene rings is 3. The highest BCUT2D eigenvalue weighted by Crippen LogP contribution is 2.45. The van der Waals surface area contributed by atoms with Crippen LogP contribution in [0.3, 0.4) is 0 Å². The first-order chi connectivity index (χ1) is 17.6. The summed E-state index contributed by atoms with van der Waals surface area (Å²) < 4.78 is 25.3. The Morgan fingerprint density at radius 2 is 1.70 bits per heavy atom. The molecule has 0 saturated carbocycles. The maximum Gasteiger partial charge on any atom is 0.459 e. The summed E-state index contributed by atoms with van der Waals surface area (Å²) in [4.78, 5) is 11.3. The standard InChI is InChI=1S/C29H36NO5PS/c1-20(2)27-17-25(11-12-29(27)32)18-28-21(3)15-26(16-22(28)4)35-36(33,34-13-14-37-23(5)31)30-19-24-9-7-6-8-10-24/h6-12,15-17,20,32H,13-14,18-19H2,1-5H3,(H,30,33). The smallest absolute Gasteiger partial charge is 0.459 e. The van der Waals surface area contributed by atoms with Crippen LogP contribution in [0.2, 0.25) is 0 Å². The van der Waals surface area contributed by atoms with Crippen LogP contribution in [0.15, 0.2) is 60.7 Å². The van der Waals surface area contributed by atoms with Crippen molar-refractivity contribution in [2.75, 3.05) is 12.4 Å². The zero-order chi connectivity index (χ0) is 27.0. The first kappa shape index (κ1) is 29.0. The molecule has 0 fully saturated rings. The molecule has 0 bridgehead atoms. The van der Waals surface area contributed by atoms with Gasteiger partial charge in [-0.1, -0.05) is 68.1 Å². The van der Waals surface area contributed by atoms with Crippen molar-refractivity contribution in [1.29, 1.82) is 0 Å². The van der Waals surface area contributed by atoms with E-state index in [1.54, 1.807) is 6.07 Å². The number of nitrogens with one attached hydrogen (secondary N) is 1. The summed E-state index contributed by atoms with van der Waals surface area (Å²) in [6.45, 7) is 10.0. The van der Waals surface area contributed by atoms with E-state index < -0.39 is 7.75 Å². The summed E-state index contributed by atoms with van der Waals surface area (Å²) in [6, 6.07) is 19.1. The highest BCUT2D eigenvalue weighted by molar-refractivity contribution is 8.13. The van der Waals surface area contributed by atoms with Crippen molar-refractivity contribution in [3.05, 3.63) is 94.0 Å². The van der Waals surface area contributed by atoms with Crippen LogP contribution in [0, 0.1) is 13.8 Å². The normalized spacial score (nSPS) is 12.9. The van der Waals surface area contributed by atoms with E-state index in [9.17, 15) is 14.5 Å². The zero-order valence-corrected chi connectivity index (χ0v) is 23.8. The maximum absolute atomic E-state index is 13.7. The maximum atomic E-state index is 13.7. The number of aromatic hydroxyl groups is 1. The first-order valence-electron chi connectivity index (χ1n) is 12.3. The second-order valence-corrected chi connectivity index (χ2v) is 12.4. The van der Waals surface area contributed by atoms with E-state index in [2.05, 4.69) is 25.0 Å². The predicted molar refractivity (Wildman–Crippen MR) is 152 cm³/mol. The Bertz CT molecular complexity index is 1240. The van der Waals surface area contributed by atoms with Crippen LogP contribution in [0.1, 0.15) is 60.1 Å². The first-order valence-corrected chi connectivity index (χ1v) is 14.9. The lowest BCUT2D eigenvalue weighted by atomic mass is 9.93. The van der Waals surface area contributed by atoms with Crippen LogP contribution in [0.4, 0.5) is 0 Å². The number of phenolic OH excluding ortho intramolecular Hbond substituents is 1. The number of carbonyl (C=O) groups excluding carboxylic acids is 1. The molecule has 0 aliphatic carbocycles. The quantitative estimate of drug-likeness (QED) is 0.184. The summed E-state index contributed by atoms with van der Waals surface area (Å²) in [5, 5.41) is 13.1. The molecule has 8 heteroatoms. The molecule has 0 aliphatic rings. The number of rotatable bonds is 12. The minimum Gasteiger partial charge on any atom is -0.508 e. The van der Waals surface area contributed by atoms with E-state index in [4.69, 9.17) is 9.05 Å². The molecule has 0 heterocycles. The van der Waals surface area contributed by atoms with E-state index >= 15 is 0 Å². The molecule has 1 unspecified atom stereocenters. The van der Waals surface area contributed by atoms with Gasteiger partial charge in [-0.25, -0.2) is 9.65 Å². The van der Waals surface area contributed by atoms with Crippen molar-refractivity contribution in [1.82, 2.24) is 5.09 Å². The molecule has 0 aliphatic heterocycles. The summed E-state index contributed by atoms with van der Waals surface area (Å²) in [5.41, 5.74) is 6.16. The van der Waals surface area contributed by atoms with Crippen molar-refractivity contribution in [3.8, 4) is 11.5 Å². The molecule has 3 aromatic rings. The Morgan fingerprint density at radius 3 is 2.32 bits per heavy atom. The van der Waals surface area contributed by atoms with Gasteiger partial charge < -0.3 is 9.63 Å². The van der Waals surface area contributed by atoms with Crippen LogP contribution in [0.25, 0.3) is 0 Å². The average molecular weight is 542 g/mol. The number of hydrogen-bond acceptors (Lipinski definition) is 6. The van der Waals surface area contributed by atoms with Gasteiger partial charge in [-0.2, -0.15) is 0 Å². The molecule has 3 rings (SSSR count). The van der Waals surface area contributed by atoms with E-state index in [1.165, 1.54) is 6.92 Å². The monoisotopic (exact) mass is 541 g/mol. The molecule has 0 radical (unpaired) electrons. The van der Waals surface area contributed by atoms with Crippen LogP contribution < -0.4 is 9.61 Å². The predicted octanol–water partition coefficient (Wildman–Crippen LogP) is 7.30. The third-order valence-electron chi connectivity index (χ3n) is 5.96. The minimum absolute atomic E-state index is 0.0208.